The van der Waals surface area contributed by atoms with Crippen LogP contribution in [-0.4, -0.2) is 50.5 Å². The van der Waals surface area contributed by atoms with Gasteiger partial charge in [-0.1, -0.05) is 18.5 Å². The second kappa shape index (κ2) is 9.61. The summed E-state index contributed by atoms with van der Waals surface area (Å²) in [6, 6.07) is 8.23. The van der Waals surface area contributed by atoms with Gasteiger partial charge in [0, 0.05) is 11.9 Å². The van der Waals surface area contributed by atoms with Gasteiger partial charge in [0.1, 0.15) is 23.1 Å². The minimum Gasteiger partial charge on any atom is -0.494 e. The molecule has 1 aromatic carbocycles. The molecule has 0 radical (unpaired) electrons. The van der Waals surface area contributed by atoms with Crippen LogP contribution in [0.25, 0.3) is 5.69 Å². The zero-order chi connectivity index (χ0) is 22.4. The lowest BCUT2D eigenvalue weighted by atomic mass is 10.0. The van der Waals surface area contributed by atoms with Crippen molar-refractivity contribution in [2.45, 2.75) is 32.7 Å². The lowest BCUT2D eigenvalue weighted by molar-refractivity contribution is 0.183. The van der Waals surface area contributed by atoms with Crippen LogP contribution < -0.4 is 20.1 Å². The van der Waals surface area contributed by atoms with Gasteiger partial charge in [-0.2, -0.15) is 4.68 Å². The largest absolute Gasteiger partial charge is 0.494 e. The van der Waals surface area contributed by atoms with Crippen LogP contribution in [0, 0.1) is 6.92 Å². The molecule has 11 heteroatoms. The lowest BCUT2D eigenvalue weighted by Gasteiger charge is -2.29. The van der Waals surface area contributed by atoms with E-state index in [0.29, 0.717) is 40.3 Å². The number of hydrogen-bond donors (Lipinski definition) is 2. The van der Waals surface area contributed by atoms with Crippen molar-refractivity contribution in [3.05, 3.63) is 47.4 Å². The fourth-order valence-electron chi connectivity index (χ4n) is 2.76. The Morgan fingerprint density at radius 1 is 1.32 bits per heavy atom. The number of pyridine rings is 1. The molecular weight excluding hydrogens is 422 g/mol. The number of anilines is 1. The first-order valence-corrected chi connectivity index (χ1v) is 9.99. The summed E-state index contributed by atoms with van der Waals surface area (Å²) in [6.45, 7) is 5.81. The normalized spacial score (nSPS) is 12.7. The summed E-state index contributed by atoms with van der Waals surface area (Å²) in [7, 11) is 1.55. The van der Waals surface area contributed by atoms with Crippen molar-refractivity contribution in [3.8, 4) is 17.3 Å². The minimum absolute atomic E-state index is 0.200. The molecule has 0 saturated heterocycles. The third-order valence-electron chi connectivity index (χ3n) is 4.74. The number of aryl methyl sites for hydroxylation is 1. The number of nitrogens with zero attached hydrogens (tertiary/aromatic N) is 5. The molecule has 0 aliphatic rings. The number of nitrogens with one attached hydrogen (secondary N) is 2. The van der Waals surface area contributed by atoms with Gasteiger partial charge in [0.15, 0.2) is 5.82 Å². The summed E-state index contributed by atoms with van der Waals surface area (Å²) in [4.78, 5) is 16.8. The van der Waals surface area contributed by atoms with Crippen LogP contribution in [-0.2, 0) is 0 Å². The van der Waals surface area contributed by atoms with Crippen molar-refractivity contribution in [2.24, 2.45) is 0 Å². The number of carbonyl (C=O) groups is 1. The Morgan fingerprint density at radius 2 is 2.13 bits per heavy atom. The highest BCUT2D eigenvalue weighted by Gasteiger charge is 2.26. The fourth-order valence-corrected chi connectivity index (χ4v) is 2.93. The van der Waals surface area contributed by atoms with Gasteiger partial charge < -0.3 is 20.1 Å². The number of tetrazole rings is 1. The number of rotatable bonds is 8. The van der Waals surface area contributed by atoms with Gasteiger partial charge in [-0.25, -0.2) is 9.78 Å². The van der Waals surface area contributed by atoms with Crippen molar-refractivity contribution in [1.82, 2.24) is 30.5 Å². The number of halogens is 1. The summed E-state index contributed by atoms with van der Waals surface area (Å²) in [5.41, 5.74) is 0.511. The van der Waals surface area contributed by atoms with E-state index in [1.165, 1.54) is 4.68 Å². The number of ether oxygens (including phenoxy) is 2. The molecule has 0 saturated carbocycles. The van der Waals surface area contributed by atoms with Crippen LogP contribution in [0.4, 0.5) is 10.5 Å². The SMILES string of the molecule is CC[C@](C)(COc1ncccc1Cl)NC(=O)Nc1ccc(OC)c(-n2nnnc2C)c1. The van der Waals surface area contributed by atoms with E-state index in [1.807, 2.05) is 13.8 Å². The quantitative estimate of drug-likeness (QED) is 0.545. The highest BCUT2D eigenvalue weighted by atomic mass is 35.5. The van der Waals surface area contributed by atoms with E-state index in [4.69, 9.17) is 21.1 Å². The molecule has 0 aliphatic carbocycles. The maximum atomic E-state index is 12.7. The lowest BCUT2D eigenvalue weighted by Crippen LogP contribution is -2.51. The Bertz CT molecular complexity index is 1060. The fraction of sp³-hybridized carbons (Fsp3) is 0.350. The van der Waals surface area contributed by atoms with Crippen molar-refractivity contribution < 1.29 is 14.3 Å². The Labute approximate surface area is 184 Å². The van der Waals surface area contributed by atoms with E-state index in [0.717, 1.165) is 0 Å². The van der Waals surface area contributed by atoms with Gasteiger partial charge in [-0.3, -0.25) is 0 Å². The molecule has 10 nitrogen and oxygen atoms in total. The third-order valence-corrected chi connectivity index (χ3v) is 5.03. The van der Waals surface area contributed by atoms with E-state index < -0.39 is 5.54 Å². The van der Waals surface area contributed by atoms with Crippen LogP contribution >= 0.6 is 11.6 Å². The average molecular weight is 446 g/mol. The van der Waals surface area contributed by atoms with Crippen molar-refractivity contribution in [3.63, 3.8) is 0 Å². The summed E-state index contributed by atoms with van der Waals surface area (Å²) >= 11 is 6.09. The van der Waals surface area contributed by atoms with Gasteiger partial charge in [0.05, 0.1) is 12.6 Å². The smallest absolute Gasteiger partial charge is 0.319 e. The summed E-state index contributed by atoms with van der Waals surface area (Å²) in [5.74, 6) is 1.48. The average Bonchev–Trinajstić information content (AvgIpc) is 3.18. The molecule has 3 rings (SSSR count). The molecule has 2 amide bonds. The monoisotopic (exact) mass is 445 g/mol. The van der Waals surface area contributed by atoms with E-state index in [-0.39, 0.29) is 12.6 Å². The Morgan fingerprint density at radius 3 is 2.77 bits per heavy atom. The van der Waals surface area contributed by atoms with E-state index in [1.54, 1.807) is 50.6 Å². The van der Waals surface area contributed by atoms with Crippen LogP contribution in [0.1, 0.15) is 26.1 Å². The molecule has 3 aromatic rings. The molecule has 0 aliphatic heterocycles. The first-order chi connectivity index (χ1) is 14.8. The van der Waals surface area contributed by atoms with E-state index in [9.17, 15) is 4.79 Å². The highest BCUT2D eigenvalue weighted by Crippen LogP contribution is 2.27. The number of methoxy groups -OCH3 is 1. The van der Waals surface area contributed by atoms with E-state index in [2.05, 4.69) is 31.1 Å². The number of aromatic nitrogens is 5. The molecule has 0 unspecified atom stereocenters. The van der Waals surface area contributed by atoms with Gasteiger partial charge >= 0.3 is 6.03 Å². The number of benzene rings is 1. The van der Waals surface area contributed by atoms with Crippen molar-refractivity contribution in [2.75, 3.05) is 19.0 Å². The molecule has 164 valence electrons. The highest BCUT2D eigenvalue weighted by molar-refractivity contribution is 6.31. The third kappa shape index (κ3) is 5.40. The number of carbonyl (C=O) groups excluding carboxylic acids is 1. The molecule has 31 heavy (non-hydrogen) atoms. The second-order valence-corrected chi connectivity index (χ2v) is 7.50. The minimum atomic E-state index is -0.646. The van der Waals surface area contributed by atoms with Crippen LogP contribution in [0.5, 0.6) is 11.6 Å². The predicted molar refractivity (Wildman–Crippen MR) is 116 cm³/mol. The van der Waals surface area contributed by atoms with Crippen molar-refractivity contribution in [1.29, 1.82) is 0 Å². The maximum absolute atomic E-state index is 12.7. The zero-order valence-electron chi connectivity index (χ0n) is 17.7. The van der Waals surface area contributed by atoms with Crippen LogP contribution in [0.2, 0.25) is 5.02 Å². The summed E-state index contributed by atoms with van der Waals surface area (Å²) in [5, 5.41) is 17.7. The molecule has 0 spiro atoms. The first-order valence-electron chi connectivity index (χ1n) is 9.61. The Kier molecular flexibility index (Phi) is 6.91. The first kappa shape index (κ1) is 22.3. The molecule has 2 N–H and O–H groups in total. The number of amides is 2. The maximum Gasteiger partial charge on any atom is 0.319 e. The van der Waals surface area contributed by atoms with Gasteiger partial charge in [-0.05, 0) is 61.0 Å². The zero-order valence-corrected chi connectivity index (χ0v) is 18.5. The van der Waals surface area contributed by atoms with Gasteiger partial charge in [-0.15, -0.1) is 5.10 Å². The summed E-state index contributed by atoms with van der Waals surface area (Å²) in [6.07, 6.45) is 2.22. The standard InChI is InChI=1S/C20H24ClN7O3/c1-5-20(3,12-31-18-15(21)7-6-10-22-18)24-19(29)23-14-8-9-17(30-4)16(11-14)28-13(2)25-26-27-28/h6-11H,5,12H2,1-4H3,(H2,23,24,29)/t20-/m1/s1. The molecule has 2 heterocycles. The summed E-state index contributed by atoms with van der Waals surface area (Å²) < 4.78 is 12.6. The Balaban J connectivity index is 1.70. The molecule has 2 aromatic heterocycles. The Hall–Kier alpha value is -3.40. The molecule has 0 bridgehead atoms. The van der Waals surface area contributed by atoms with Gasteiger partial charge in [0.2, 0.25) is 5.88 Å². The topological polar surface area (TPSA) is 116 Å². The molecule has 1 atom stereocenters. The van der Waals surface area contributed by atoms with Gasteiger partial charge in [0.25, 0.3) is 0 Å². The molecular formula is C20H24ClN7O3. The number of hydrogen-bond acceptors (Lipinski definition) is 7. The molecule has 0 fully saturated rings. The second-order valence-electron chi connectivity index (χ2n) is 7.10. The predicted octanol–water partition coefficient (Wildman–Crippen LogP) is 3.40. The van der Waals surface area contributed by atoms with Crippen LogP contribution in [0.15, 0.2) is 36.5 Å². The van der Waals surface area contributed by atoms with Crippen molar-refractivity contribution >= 4 is 23.3 Å². The van der Waals surface area contributed by atoms with E-state index >= 15 is 0 Å². The number of urea groups is 1. The van der Waals surface area contributed by atoms with Crippen LogP contribution in [0.3, 0.4) is 0 Å².